The zero-order chi connectivity index (χ0) is 18.5. The van der Waals surface area contributed by atoms with Gasteiger partial charge < -0.3 is 10.1 Å². The van der Waals surface area contributed by atoms with Crippen LogP contribution in [0.25, 0.3) is 11.1 Å². The molecule has 0 unspecified atom stereocenters. The van der Waals surface area contributed by atoms with Gasteiger partial charge in [0.05, 0.1) is 0 Å². The predicted molar refractivity (Wildman–Crippen MR) is 105 cm³/mol. The van der Waals surface area contributed by atoms with Gasteiger partial charge in [-0.05, 0) is 39.9 Å². The molecule has 2 aromatic rings. The zero-order valence-electron chi connectivity index (χ0n) is 14.9. The van der Waals surface area contributed by atoms with Gasteiger partial charge in [0.15, 0.2) is 0 Å². The molecule has 0 saturated heterocycles. The highest BCUT2D eigenvalue weighted by molar-refractivity contribution is 8.03. The van der Waals surface area contributed by atoms with Crippen LogP contribution in [0.5, 0.6) is 0 Å². The predicted octanol–water partition coefficient (Wildman–Crippen LogP) is 4.76. The molecule has 26 heavy (non-hydrogen) atoms. The van der Waals surface area contributed by atoms with Crippen LogP contribution in [0.4, 0.5) is 4.79 Å². The lowest BCUT2D eigenvalue weighted by molar-refractivity contribution is 0.137. The number of rotatable bonds is 6. The van der Waals surface area contributed by atoms with Crippen molar-refractivity contribution in [3.8, 4) is 16.5 Å². The van der Waals surface area contributed by atoms with Gasteiger partial charge in [-0.2, -0.15) is 5.26 Å². The van der Waals surface area contributed by atoms with Crippen LogP contribution in [0.1, 0.15) is 30.9 Å². The Morgan fingerprint density at radius 2 is 1.73 bits per heavy atom. The fourth-order valence-electron chi connectivity index (χ4n) is 3.32. The Hall–Kier alpha value is -2.45. The van der Waals surface area contributed by atoms with Gasteiger partial charge in [0.1, 0.15) is 12.0 Å². The van der Waals surface area contributed by atoms with Crippen molar-refractivity contribution in [3.05, 3.63) is 59.7 Å². The third-order valence-corrected chi connectivity index (χ3v) is 5.43. The van der Waals surface area contributed by atoms with Crippen LogP contribution in [0.15, 0.2) is 48.5 Å². The lowest BCUT2D eigenvalue weighted by Crippen LogP contribution is -2.41. The van der Waals surface area contributed by atoms with Gasteiger partial charge in [0.2, 0.25) is 0 Å². The Morgan fingerprint density at radius 1 is 1.15 bits per heavy atom. The molecular weight excluding hydrogens is 344 g/mol. The second kappa shape index (κ2) is 8.29. The minimum Gasteiger partial charge on any atom is -0.449 e. The van der Waals surface area contributed by atoms with Crippen molar-refractivity contribution in [2.75, 3.05) is 12.4 Å². The summed E-state index contributed by atoms with van der Waals surface area (Å²) in [6.45, 7) is 4.34. The molecule has 0 saturated carbocycles. The highest BCUT2D eigenvalue weighted by Gasteiger charge is 2.29. The second-order valence-corrected chi connectivity index (χ2v) is 7.53. The van der Waals surface area contributed by atoms with Crippen molar-refractivity contribution >= 4 is 17.9 Å². The fraction of sp³-hybridized carbons (Fsp3) is 0.333. The number of thiocyanates is 1. The monoisotopic (exact) mass is 366 g/mol. The third kappa shape index (κ3) is 3.86. The van der Waals surface area contributed by atoms with Gasteiger partial charge in [0, 0.05) is 17.7 Å². The number of nitrogens with one attached hydrogen (secondary N) is 1. The van der Waals surface area contributed by atoms with E-state index in [1.54, 1.807) is 0 Å². The number of ether oxygens (including phenoxy) is 1. The Bertz CT molecular complexity index is 783. The Morgan fingerprint density at radius 3 is 2.27 bits per heavy atom. The van der Waals surface area contributed by atoms with E-state index in [2.05, 4.69) is 29.6 Å². The summed E-state index contributed by atoms with van der Waals surface area (Å²) in [7, 11) is 0. The highest BCUT2D eigenvalue weighted by atomic mass is 32.2. The molecule has 0 aliphatic heterocycles. The molecule has 0 radical (unpaired) electrons. The summed E-state index contributed by atoms with van der Waals surface area (Å²) >= 11 is 1.15. The number of benzene rings is 2. The van der Waals surface area contributed by atoms with Crippen LogP contribution in [0, 0.1) is 16.6 Å². The molecular formula is C21H22N2O2S. The van der Waals surface area contributed by atoms with E-state index in [4.69, 9.17) is 10.00 Å². The van der Waals surface area contributed by atoms with Crippen LogP contribution in [0.2, 0.25) is 0 Å². The number of nitrogens with zero attached hydrogens (tertiary/aromatic N) is 1. The molecule has 0 spiro atoms. The topological polar surface area (TPSA) is 62.1 Å². The maximum atomic E-state index is 12.3. The number of alkyl carbamates (subject to hydrolysis) is 1. The Labute approximate surface area is 158 Å². The van der Waals surface area contributed by atoms with E-state index < -0.39 is 6.09 Å². The molecule has 1 atom stereocenters. The molecule has 2 aromatic carbocycles. The number of carbonyl (C=O) groups is 1. The second-order valence-electron chi connectivity index (χ2n) is 6.72. The largest absolute Gasteiger partial charge is 0.449 e. The first kappa shape index (κ1) is 18.3. The number of thioether (sulfide) groups is 1. The van der Waals surface area contributed by atoms with Crippen molar-refractivity contribution in [3.63, 3.8) is 0 Å². The molecule has 5 heteroatoms. The molecule has 0 fully saturated rings. The first-order valence-corrected chi connectivity index (χ1v) is 9.72. The van der Waals surface area contributed by atoms with Crippen LogP contribution in [0.3, 0.4) is 0 Å². The number of fused-ring (bicyclic) bond motifs is 3. The van der Waals surface area contributed by atoms with E-state index in [0.29, 0.717) is 12.4 Å². The maximum absolute atomic E-state index is 12.3. The maximum Gasteiger partial charge on any atom is 0.407 e. The molecule has 134 valence electrons. The Balaban J connectivity index is 1.68. The van der Waals surface area contributed by atoms with Crippen molar-refractivity contribution in [1.29, 1.82) is 5.26 Å². The summed E-state index contributed by atoms with van der Waals surface area (Å²) in [5, 5.41) is 13.7. The van der Waals surface area contributed by atoms with Crippen LogP contribution in [-0.2, 0) is 4.74 Å². The van der Waals surface area contributed by atoms with Gasteiger partial charge in [-0.1, -0.05) is 62.4 Å². The van der Waals surface area contributed by atoms with Crippen LogP contribution in [-0.4, -0.2) is 24.5 Å². The van der Waals surface area contributed by atoms with E-state index in [-0.39, 0.29) is 17.9 Å². The van der Waals surface area contributed by atoms with Gasteiger partial charge in [0.25, 0.3) is 0 Å². The lowest BCUT2D eigenvalue weighted by atomic mass is 9.98. The molecule has 0 heterocycles. The van der Waals surface area contributed by atoms with E-state index in [0.717, 1.165) is 11.8 Å². The van der Waals surface area contributed by atoms with E-state index >= 15 is 0 Å². The molecule has 0 bridgehead atoms. The van der Waals surface area contributed by atoms with E-state index in [1.165, 1.54) is 22.3 Å². The molecule has 4 nitrogen and oxygen atoms in total. The summed E-state index contributed by atoms with van der Waals surface area (Å²) in [6, 6.07) is 16.4. The molecule has 1 aliphatic rings. The fourth-order valence-corrected chi connectivity index (χ4v) is 4.04. The van der Waals surface area contributed by atoms with Gasteiger partial charge in [-0.15, -0.1) is 0 Å². The number of amides is 1. The third-order valence-electron chi connectivity index (χ3n) is 4.78. The summed E-state index contributed by atoms with van der Waals surface area (Å²) in [5.41, 5.74) is 4.81. The number of hydrogen-bond donors (Lipinski definition) is 1. The van der Waals surface area contributed by atoms with Crippen molar-refractivity contribution in [1.82, 2.24) is 5.32 Å². The SMILES string of the molecule is CC(C)[C@@H](CSC#N)NC(=O)OCC1c2ccccc2-c2ccccc21. The van der Waals surface area contributed by atoms with Crippen molar-refractivity contribution < 1.29 is 9.53 Å². The minimum atomic E-state index is -0.427. The summed E-state index contributed by atoms with van der Waals surface area (Å²) in [6.07, 6.45) is -0.427. The first-order valence-electron chi connectivity index (χ1n) is 8.74. The summed E-state index contributed by atoms with van der Waals surface area (Å²) in [5.74, 6) is 0.841. The van der Waals surface area contributed by atoms with Gasteiger partial charge in [-0.25, -0.2) is 4.79 Å². The van der Waals surface area contributed by atoms with Gasteiger partial charge in [-0.3, -0.25) is 0 Å². The van der Waals surface area contributed by atoms with E-state index in [9.17, 15) is 4.79 Å². The normalized spacial score (nSPS) is 13.6. The van der Waals surface area contributed by atoms with E-state index in [1.807, 2.05) is 43.5 Å². The molecule has 1 aliphatic carbocycles. The summed E-state index contributed by atoms with van der Waals surface area (Å²) in [4.78, 5) is 12.3. The number of nitriles is 1. The molecule has 3 rings (SSSR count). The molecule has 1 amide bonds. The summed E-state index contributed by atoms with van der Waals surface area (Å²) < 4.78 is 5.56. The molecule has 0 aromatic heterocycles. The molecule has 1 N–H and O–H groups in total. The quantitative estimate of drug-likeness (QED) is 0.749. The average Bonchev–Trinajstić information content (AvgIpc) is 2.97. The van der Waals surface area contributed by atoms with Crippen molar-refractivity contribution in [2.24, 2.45) is 5.92 Å². The van der Waals surface area contributed by atoms with Crippen LogP contribution < -0.4 is 5.32 Å². The minimum absolute atomic E-state index is 0.0548. The zero-order valence-corrected chi connectivity index (χ0v) is 15.8. The smallest absolute Gasteiger partial charge is 0.407 e. The highest BCUT2D eigenvalue weighted by Crippen LogP contribution is 2.44. The van der Waals surface area contributed by atoms with Gasteiger partial charge >= 0.3 is 6.09 Å². The standard InChI is InChI=1S/C21H22N2O2S/c1-14(2)20(12-26-13-22)23-21(24)25-11-19-17-9-5-3-7-15(17)16-8-4-6-10-18(16)19/h3-10,14,19-20H,11-12H2,1-2H3,(H,23,24)/t20-/m1/s1. The number of hydrogen-bond acceptors (Lipinski definition) is 4. The van der Waals surface area contributed by atoms with Crippen molar-refractivity contribution in [2.45, 2.75) is 25.8 Å². The number of carbonyl (C=O) groups excluding carboxylic acids is 1. The lowest BCUT2D eigenvalue weighted by Gasteiger charge is -2.21. The first-order chi connectivity index (χ1) is 12.6. The Kier molecular flexibility index (Phi) is 5.85. The average molecular weight is 366 g/mol. The van der Waals surface area contributed by atoms with Crippen LogP contribution >= 0.6 is 11.8 Å².